The van der Waals surface area contributed by atoms with Gasteiger partial charge in [0.15, 0.2) is 0 Å². The summed E-state index contributed by atoms with van der Waals surface area (Å²) < 4.78 is 14.2. The Hall–Kier alpha value is -2.09. The molecule has 0 fully saturated rings. The number of aryl methyl sites for hydroxylation is 1. The van der Waals surface area contributed by atoms with Gasteiger partial charge in [0, 0.05) is 5.92 Å². The summed E-state index contributed by atoms with van der Waals surface area (Å²) in [6.07, 6.45) is 5.52. The zero-order valence-corrected chi connectivity index (χ0v) is 12.0. The molecule has 0 saturated carbocycles. The molecule has 2 heteroatoms. The molecule has 0 aromatic heterocycles. The maximum Gasteiger partial charge on any atom is 0.146 e. The van der Waals surface area contributed by atoms with Gasteiger partial charge in [0.2, 0.25) is 0 Å². The van der Waals surface area contributed by atoms with Gasteiger partial charge in [0.1, 0.15) is 5.82 Å². The maximum absolute atomic E-state index is 14.2. The summed E-state index contributed by atoms with van der Waals surface area (Å²) in [4.78, 5) is 0. The molecule has 2 aromatic rings. The van der Waals surface area contributed by atoms with Gasteiger partial charge >= 0.3 is 0 Å². The molecule has 1 heterocycles. The standard InChI is InChI=1S/C19H18FN/c1-12-8-10-13(11-9-12)18-15-5-2-4-14(15)16-6-3-7-17(20)19(16)21-18/h2-4,6-11,14-15,18,21H,5H2,1H3. The van der Waals surface area contributed by atoms with E-state index in [0.717, 1.165) is 12.0 Å². The molecule has 3 atom stereocenters. The van der Waals surface area contributed by atoms with E-state index < -0.39 is 0 Å². The van der Waals surface area contributed by atoms with Crippen LogP contribution in [-0.4, -0.2) is 0 Å². The van der Waals surface area contributed by atoms with Crippen molar-refractivity contribution in [1.82, 2.24) is 0 Å². The molecule has 3 unspecified atom stereocenters. The molecular formula is C19H18FN. The molecule has 1 aliphatic carbocycles. The van der Waals surface area contributed by atoms with E-state index in [1.807, 2.05) is 12.1 Å². The summed E-state index contributed by atoms with van der Waals surface area (Å²) in [5, 5.41) is 3.46. The summed E-state index contributed by atoms with van der Waals surface area (Å²) in [5.41, 5.74) is 4.27. The largest absolute Gasteiger partial charge is 0.375 e. The third kappa shape index (κ3) is 1.98. The minimum atomic E-state index is -0.150. The van der Waals surface area contributed by atoms with E-state index in [2.05, 4.69) is 48.7 Å². The summed E-state index contributed by atoms with van der Waals surface area (Å²) in [6.45, 7) is 2.09. The van der Waals surface area contributed by atoms with Crippen LogP contribution < -0.4 is 5.32 Å². The van der Waals surface area contributed by atoms with E-state index in [9.17, 15) is 4.39 Å². The zero-order chi connectivity index (χ0) is 14.4. The van der Waals surface area contributed by atoms with Crippen LogP contribution in [0.15, 0.2) is 54.6 Å². The van der Waals surface area contributed by atoms with E-state index in [0.29, 0.717) is 17.5 Å². The smallest absolute Gasteiger partial charge is 0.146 e. The van der Waals surface area contributed by atoms with E-state index in [4.69, 9.17) is 0 Å². The zero-order valence-electron chi connectivity index (χ0n) is 12.0. The highest BCUT2D eigenvalue weighted by molar-refractivity contribution is 5.60. The summed E-state index contributed by atoms with van der Waals surface area (Å²) in [5.74, 6) is 0.647. The number of anilines is 1. The number of rotatable bonds is 1. The van der Waals surface area contributed by atoms with Crippen LogP contribution in [0.3, 0.4) is 0 Å². The fraction of sp³-hybridized carbons (Fsp3) is 0.263. The third-order valence-electron chi connectivity index (χ3n) is 4.78. The first kappa shape index (κ1) is 12.6. The Morgan fingerprint density at radius 1 is 1.10 bits per heavy atom. The average molecular weight is 279 g/mol. The van der Waals surface area contributed by atoms with Gasteiger partial charge in [-0.15, -0.1) is 0 Å². The predicted octanol–water partition coefficient (Wildman–Crippen LogP) is 4.96. The summed E-state index contributed by atoms with van der Waals surface area (Å²) in [6, 6.07) is 14.2. The van der Waals surface area contributed by atoms with Gasteiger partial charge in [-0.1, -0.05) is 54.1 Å². The number of hydrogen-bond acceptors (Lipinski definition) is 1. The quantitative estimate of drug-likeness (QED) is 0.727. The SMILES string of the molecule is Cc1ccc(C2Nc3c(F)cccc3C3C=CCC32)cc1. The van der Waals surface area contributed by atoms with Crippen LogP contribution >= 0.6 is 0 Å². The summed E-state index contributed by atoms with van der Waals surface area (Å²) >= 11 is 0. The highest BCUT2D eigenvalue weighted by Gasteiger charge is 2.38. The molecule has 0 amide bonds. The monoisotopic (exact) mass is 279 g/mol. The van der Waals surface area contributed by atoms with Crippen LogP contribution in [0.5, 0.6) is 0 Å². The lowest BCUT2D eigenvalue weighted by Crippen LogP contribution is -2.29. The molecule has 2 aliphatic rings. The highest BCUT2D eigenvalue weighted by Crippen LogP contribution is 2.50. The Morgan fingerprint density at radius 2 is 1.90 bits per heavy atom. The molecule has 1 aliphatic heterocycles. The Bertz CT molecular complexity index is 702. The molecule has 0 saturated heterocycles. The molecule has 0 bridgehead atoms. The molecular weight excluding hydrogens is 261 g/mol. The minimum absolute atomic E-state index is 0.150. The van der Waals surface area contributed by atoms with Crippen molar-refractivity contribution in [3.05, 3.63) is 77.1 Å². The van der Waals surface area contributed by atoms with Crippen LogP contribution in [0, 0.1) is 18.7 Å². The van der Waals surface area contributed by atoms with Gasteiger partial charge in [0.25, 0.3) is 0 Å². The van der Waals surface area contributed by atoms with Crippen LogP contribution in [0.2, 0.25) is 0 Å². The van der Waals surface area contributed by atoms with Crippen molar-refractivity contribution in [3.63, 3.8) is 0 Å². The Kier molecular flexibility index (Phi) is 2.85. The van der Waals surface area contributed by atoms with Gasteiger partial charge in [-0.25, -0.2) is 4.39 Å². The van der Waals surface area contributed by atoms with Crippen molar-refractivity contribution in [1.29, 1.82) is 0 Å². The third-order valence-corrected chi connectivity index (χ3v) is 4.78. The van der Waals surface area contributed by atoms with Crippen molar-refractivity contribution in [2.24, 2.45) is 5.92 Å². The second-order valence-corrected chi connectivity index (χ2v) is 6.09. The molecule has 1 N–H and O–H groups in total. The molecule has 21 heavy (non-hydrogen) atoms. The fourth-order valence-corrected chi connectivity index (χ4v) is 3.69. The number of fused-ring (bicyclic) bond motifs is 3. The second kappa shape index (κ2) is 4.73. The first-order chi connectivity index (χ1) is 10.2. The first-order valence-electron chi connectivity index (χ1n) is 7.52. The van der Waals surface area contributed by atoms with Crippen LogP contribution in [0.4, 0.5) is 10.1 Å². The number of allylic oxidation sites excluding steroid dienone is 2. The van der Waals surface area contributed by atoms with E-state index in [1.54, 1.807) is 0 Å². The van der Waals surface area contributed by atoms with Crippen molar-refractivity contribution in [2.75, 3.05) is 5.32 Å². The molecule has 1 nitrogen and oxygen atoms in total. The lowest BCUT2D eigenvalue weighted by atomic mass is 9.77. The number of para-hydroxylation sites is 1. The lowest BCUT2D eigenvalue weighted by Gasteiger charge is -2.37. The van der Waals surface area contributed by atoms with E-state index in [-0.39, 0.29) is 11.9 Å². The number of halogens is 1. The Balaban J connectivity index is 1.81. The average Bonchev–Trinajstić information content (AvgIpc) is 2.98. The number of nitrogens with one attached hydrogen (secondary N) is 1. The number of benzene rings is 2. The molecule has 0 radical (unpaired) electrons. The Labute approximate surface area is 124 Å². The lowest BCUT2D eigenvalue weighted by molar-refractivity contribution is 0.421. The highest BCUT2D eigenvalue weighted by atomic mass is 19.1. The van der Waals surface area contributed by atoms with Crippen molar-refractivity contribution in [2.45, 2.75) is 25.3 Å². The topological polar surface area (TPSA) is 12.0 Å². The van der Waals surface area contributed by atoms with E-state index in [1.165, 1.54) is 17.2 Å². The number of hydrogen-bond donors (Lipinski definition) is 1. The van der Waals surface area contributed by atoms with Gasteiger partial charge in [-0.3, -0.25) is 0 Å². The molecule has 2 aromatic carbocycles. The van der Waals surface area contributed by atoms with Gasteiger partial charge in [0.05, 0.1) is 11.7 Å². The minimum Gasteiger partial charge on any atom is -0.375 e. The normalized spacial score (nSPS) is 26.1. The van der Waals surface area contributed by atoms with Crippen molar-refractivity contribution < 1.29 is 4.39 Å². The van der Waals surface area contributed by atoms with Crippen LogP contribution in [0.25, 0.3) is 0 Å². The fourth-order valence-electron chi connectivity index (χ4n) is 3.69. The molecule has 0 spiro atoms. The van der Waals surface area contributed by atoms with Crippen LogP contribution in [0.1, 0.15) is 35.1 Å². The second-order valence-electron chi connectivity index (χ2n) is 6.09. The van der Waals surface area contributed by atoms with Gasteiger partial charge in [-0.2, -0.15) is 0 Å². The first-order valence-corrected chi connectivity index (χ1v) is 7.52. The van der Waals surface area contributed by atoms with Gasteiger partial charge < -0.3 is 5.32 Å². The molecule has 4 rings (SSSR count). The van der Waals surface area contributed by atoms with Crippen molar-refractivity contribution in [3.8, 4) is 0 Å². The molecule has 106 valence electrons. The predicted molar refractivity (Wildman–Crippen MR) is 83.9 cm³/mol. The summed E-state index contributed by atoms with van der Waals surface area (Å²) in [7, 11) is 0. The van der Waals surface area contributed by atoms with Crippen LogP contribution in [-0.2, 0) is 0 Å². The van der Waals surface area contributed by atoms with E-state index >= 15 is 0 Å². The van der Waals surface area contributed by atoms with Gasteiger partial charge in [-0.05, 0) is 36.5 Å². The Morgan fingerprint density at radius 3 is 2.71 bits per heavy atom. The van der Waals surface area contributed by atoms with Crippen molar-refractivity contribution >= 4 is 5.69 Å². The maximum atomic E-state index is 14.2.